The van der Waals surface area contributed by atoms with E-state index in [1.165, 1.54) is 0 Å². The van der Waals surface area contributed by atoms with Gasteiger partial charge in [0, 0.05) is 0 Å². The van der Waals surface area contributed by atoms with Crippen LogP contribution in [0.1, 0.15) is 17.3 Å². The molecule has 0 spiro atoms. The third kappa shape index (κ3) is 4.16. The molecule has 2 rings (SSSR count). The summed E-state index contributed by atoms with van der Waals surface area (Å²) in [6, 6.07) is 18.2. The van der Waals surface area contributed by atoms with E-state index < -0.39 is 12.3 Å². The summed E-state index contributed by atoms with van der Waals surface area (Å²) in [6.45, 7) is 0.352. The molecule has 0 saturated heterocycles. The Balaban J connectivity index is 1.80. The second-order valence-corrected chi connectivity index (χ2v) is 4.38. The molecule has 0 radical (unpaired) electrons. The van der Waals surface area contributed by atoms with Crippen molar-refractivity contribution in [2.24, 2.45) is 0 Å². The first kappa shape index (κ1) is 13.7. The Hall–Kier alpha value is -1.71. The topological polar surface area (TPSA) is 29.5 Å². The molecule has 0 bridgehead atoms. The van der Waals surface area contributed by atoms with E-state index in [1.807, 2.05) is 36.4 Å². The number of hydrogen-bond donors (Lipinski definition) is 1. The fourth-order valence-electron chi connectivity index (χ4n) is 1.82. The highest BCUT2D eigenvalue weighted by molar-refractivity contribution is 5.18. The van der Waals surface area contributed by atoms with Crippen molar-refractivity contribution in [1.29, 1.82) is 0 Å². The van der Waals surface area contributed by atoms with Crippen molar-refractivity contribution in [3.8, 4) is 0 Å². The summed E-state index contributed by atoms with van der Waals surface area (Å²) < 4.78 is 19.3. The maximum atomic E-state index is 13.9. The van der Waals surface area contributed by atoms with Gasteiger partial charge in [0.15, 0.2) is 6.17 Å². The summed E-state index contributed by atoms with van der Waals surface area (Å²) in [7, 11) is 0. The maximum absolute atomic E-state index is 13.9. The monoisotopic (exact) mass is 260 g/mol. The van der Waals surface area contributed by atoms with Crippen LogP contribution in [-0.2, 0) is 11.3 Å². The van der Waals surface area contributed by atoms with Gasteiger partial charge in [0.05, 0.1) is 13.2 Å². The summed E-state index contributed by atoms with van der Waals surface area (Å²) in [5.74, 6) is 0. The number of alkyl halides is 1. The molecule has 0 saturated carbocycles. The molecule has 0 amide bonds. The van der Waals surface area contributed by atoms with Crippen molar-refractivity contribution >= 4 is 0 Å². The summed E-state index contributed by atoms with van der Waals surface area (Å²) in [4.78, 5) is 0. The number of aliphatic hydroxyl groups is 1. The second-order valence-electron chi connectivity index (χ2n) is 4.38. The van der Waals surface area contributed by atoms with E-state index in [1.54, 1.807) is 24.3 Å². The molecular formula is C16H17FO2. The highest BCUT2D eigenvalue weighted by atomic mass is 19.1. The molecule has 2 aromatic rings. The molecule has 0 fully saturated rings. The zero-order valence-electron chi connectivity index (χ0n) is 10.6. The number of halogens is 1. The molecule has 0 aliphatic heterocycles. The molecule has 2 aromatic carbocycles. The Morgan fingerprint density at radius 2 is 1.53 bits per heavy atom. The van der Waals surface area contributed by atoms with Crippen LogP contribution in [0.2, 0.25) is 0 Å². The molecule has 0 aromatic heterocycles. The van der Waals surface area contributed by atoms with Crippen LogP contribution in [0.3, 0.4) is 0 Å². The average Bonchev–Trinajstić information content (AvgIpc) is 2.48. The summed E-state index contributed by atoms with van der Waals surface area (Å²) >= 11 is 0. The number of hydrogen-bond acceptors (Lipinski definition) is 2. The van der Waals surface area contributed by atoms with Crippen LogP contribution in [0, 0.1) is 0 Å². The zero-order chi connectivity index (χ0) is 13.5. The van der Waals surface area contributed by atoms with Crippen LogP contribution in [0.15, 0.2) is 60.7 Å². The van der Waals surface area contributed by atoms with Gasteiger partial charge in [0.2, 0.25) is 0 Å². The quantitative estimate of drug-likeness (QED) is 0.863. The first-order valence-corrected chi connectivity index (χ1v) is 6.26. The SMILES string of the molecule is O[C@@H](COCc1ccccc1)[C@H](F)c1ccccc1. The largest absolute Gasteiger partial charge is 0.387 e. The van der Waals surface area contributed by atoms with E-state index in [2.05, 4.69) is 0 Å². The lowest BCUT2D eigenvalue weighted by Gasteiger charge is -2.16. The Kier molecular flexibility index (Phi) is 5.07. The van der Waals surface area contributed by atoms with E-state index in [4.69, 9.17) is 4.74 Å². The van der Waals surface area contributed by atoms with Gasteiger partial charge in [0.25, 0.3) is 0 Å². The van der Waals surface area contributed by atoms with Crippen LogP contribution < -0.4 is 0 Å². The minimum Gasteiger partial charge on any atom is -0.387 e. The van der Waals surface area contributed by atoms with E-state index in [9.17, 15) is 9.50 Å². The molecule has 0 aliphatic carbocycles. The van der Waals surface area contributed by atoms with Crippen molar-refractivity contribution in [2.75, 3.05) is 6.61 Å². The predicted octanol–water partition coefficient (Wildman–Crippen LogP) is 3.27. The molecule has 0 unspecified atom stereocenters. The van der Waals surface area contributed by atoms with Gasteiger partial charge >= 0.3 is 0 Å². The number of benzene rings is 2. The Bertz CT molecular complexity index is 473. The molecule has 1 N–H and O–H groups in total. The Morgan fingerprint density at radius 1 is 0.947 bits per heavy atom. The average molecular weight is 260 g/mol. The fraction of sp³-hybridized carbons (Fsp3) is 0.250. The fourth-order valence-corrected chi connectivity index (χ4v) is 1.82. The Morgan fingerprint density at radius 3 is 2.16 bits per heavy atom. The van der Waals surface area contributed by atoms with Crippen molar-refractivity contribution in [1.82, 2.24) is 0 Å². The summed E-state index contributed by atoms with van der Waals surface area (Å²) in [6.07, 6.45) is -2.57. The first-order chi connectivity index (χ1) is 9.27. The van der Waals surface area contributed by atoms with E-state index in [0.29, 0.717) is 12.2 Å². The second kappa shape index (κ2) is 7.02. The summed E-state index contributed by atoms with van der Waals surface area (Å²) in [5, 5.41) is 9.75. The van der Waals surface area contributed by atoms with Crippen LogP contribution in [0.5, 0.6) is 0 Å². The number of rotatable bonds is 6. The lowest BCUT2D eigenvalue weighted by Crippen LogP contribution is -2.21. The van der Waals surface area contributed by atoms with Gasteiger partial charge in [-0.2, -0.15) is 0 Å². The molecule has 0 heterocycles. The van der Waals surface area contributed by atoms with Crippen molar-refractivity contribution < 1.29 is 14.2 Å². The van der Waals surface area contributed by atoms with Crippen LogP contribution >= 0.6 is 0 Å². The van der Waals surface area contributed by atoms with Gasteiger partial charge in [0.1, 0.15) is 6.10 Å². The highest BCUT2D eigenvalue weighted by Gasteiger charge is 2.20. The third-order valence-electron chi connectivity index (χ3n) is 2.86. The minimum atomic E-state index is -1.42. The molecule has 2 nitrogen and oxygen atoms in total. The lowest BCUT2D eigenvalue weighted by molar-refractivity contribution is -0.0136. The zero-order valence-corrected chi connectivity index (χ0v) is 10.6. The van der Waals surface area contributed by atoms with Crippen molar-refractivity contribution in [3.63, 3.8) is 0 Å². The number of ether oxygens (including phenoxy) is 1. The van der Waals surface area contributed by atoms with Crippen molar-refractivity contribution in [3.05, 3.63) is 71.8 Å². The van der Waals surface area contributed by atoms with Gasteiger partial charge < -0.3 is 9.84 Å². The van der Waals surface area contributed by atoms with Crippen LogP contribution in [0.4, 0.5) is 4.39 Å². The molecule has 2 atom stereocenters. The van der Waals surface area contributed by atoms with Gasteiger partial charge in [-0.15, -0.1) is 0 Å². The van der Waals surface area contributed by atoms with E-state index in [0.717, 1.165) is 5.56 Å². The van der Waals surface area contributed by atoms with E-state index >= 15 is 0 Å². The lowest BCUT2D eigenvalue weighted by atomic mass is 10.1. The minimum absolute atomic E-state index is 0.0229. The van der Waals surface area contributed by atoms with Gasteiger partial charge in [-0.25, -0.2) is 4.39 Å². The molecule has 0 aliphatic rings. The standard InChI is InChI=1S/C16H17FO2/c17-16(14-9-5-2-6-10-14)15(18)12-19-11-13-7-3-1-4-8-13/h1-10,15-16,18H,11-12H2/t15-,16+/m0/s1. The normalized spacial score (nSPS) is 14.0. The van der Waals surface area contributed by atoms with Gasteiger partial charge in [-0.05, 0) is 11.1 Å². The van der Waals surface area contributed by atoms with Gasteiger partial charge in [-0.1, -0.05) is 60.7 Å². The molecular weight excluding hydrogens is 243 g/mol. The Labute approximate surface area is 112 Å². The van der Waals surface area contributed by atoms with Crippen LogP contribution in [0.25, 0.3) is 0 Å². The van der Waals surface area contributed by atoms with Crippen molar-refractivity contribution in [2.45, 2.75) is 18.9 Å². The smallest absolute Gasteiger partial charge is 0.153 e. The van der Waals surface area contributed by atoms with Gasteiger partial charge in [-0.3, -0.25) is 0 Å². The van der Waals surface area contributed by atoms with Crippen LogP contribution in [-0.4, -0.2) is 17.8 Å². The molecule has 19 heavy (non-hydrogen) atoms. The maximum Gasteiger partial charge on any atom is 0.153 e. The molecule has 100 valence electrons. The summed E-state index contributed by atoms with van der Waals surface area (Å²) in [5.41, 5.74) is 1.48. The predicted molar refractivity (Wildman–Crippen MR) is 72.4 cm³/mol. The number of aliphatic hydroxyl groups excluding tert-OH is 1. The highest BCUT2D eigenvalue weighted by Crippen LogP contribution is 2.21. The third-order valence-corrected chi connectivity index (χ3v) is 2.86. The first-order valence-electron chi connectivity index (χ1n) is 6.26. The van der Waals surface area contributed by atoms with E-state index in [-0.39, 0.29) is 6.61 Å². The molecule has 3 heteroatoms.